The Morgan fingerprint density at radius 1 is 0.967 bits per heavy atom. The Balaban J connectivity index is 0. The smallest absolute Gasteiger partial charge is 0.223 e. The van der Waals surface area contributed by atoms with Crippen LogP contribution in [0.5, 0.6) is 0 Å². The Kier molecular flexibility index (Phi) is 17.6. The van der Waals surface area contributed by atoms with Gasteiger partial charge in [0.05, 0.1) is 37.0 Å². The van der Waals surface area contributed by atoms with Crippen LogP contribution in [0, 0.1) is 11.8 Å². The maximum absolute atomic E-state index is 11.5. The lowest BCUT2D eigenvalue weighted by Crippen LogP contribution is -2.49. The highest BCUT2D eigenvalue weighted by Crippen LogP contribution is 2.10. The van der Waals surface area contributed by atoms with Crippen molar-refractivity contribution >= 4 is 45.4 Å². The maximum atomic E-state index is 11.5. The lowest BCUT2D eigenvalue weighted by Gasteiger charge is -2.20. The van der Waals surface area contributed by atoms with Crippen molar-refractivity contribution in [3.63, 3.8) is 0 Å². The fourth-order valence-corrected chi connectivity index (χ4v) is 3.57. The van der Waals surface area contributed by atoms with Crippen molar-refractivity contribution in [3.8, 4) is 0 Å². The van der Waals surface area contributed by atoms with E-state index in [4.69, 9.17) is 0 Å². The van der Waals surface area contributed by atoms with Crippen molar-refractivity contribution in [1.29, 1.82) is 0 Å². The second kappa shape index (κ2) is 17.2. The number of hydrogen-bond donors (Lipinski definition) is 1. The summed E-state index contributed by atoms with van der Waals surface area (Å²) in [6, 6.07) is -0.851. The van der Waals surface area contributed by atoms with Gasteiger partial charge in [0.1, 0.15) is 11.5 Å². The summed E-state index contributed by atoms with van der Waals surface area (Å²) in [7, 11) is 0.380. The van der Waals surface area contributed by atoms with E-state index < -0.39 is 23.9 Å². The first-order valence-electron chi connectivity index (χ1n) is 9.81. The molecule has 0 aromatic rings. The van der Waals surface area contributed by atoms with Crippen molar-refractivity contribution in [2.75, 3.05) is 36.5 Å². The summed E-state index contributed by atoms with van der Waals surface area (Å²) in [5.41, 5.74) is 0. The molecule has 0 aliphatic carbocycles. The molecule has 0 heterocycles. The van der Waals surface area contributed by atoms with Crippen LogP contribution in [-0.2, 0) is 41.0 Å². The number of amides is 1. The number of carboxylic acid groups (broad SMARTS) is 2. The van der Waals surface area contributed by atoms with E-state index in [1.807, 2.05) is 31.9 Å². The van der Waals surface area contributed by atoms with Crippen LogP contribution >= 0.6 is 0 Å². The molecule has 174 valence electrons. The summed E-state index contributed by atoms with van der Waals surface area (Å²) in [5.74, 6) is -1.95. The highest BCUT2D eigenvalue weighted by atomic mass is 32.2. The highest BCUT2D eigenvalue weighted by Gasteiger charge is 2.19. The van der Waals surface area contributed by atoms with Gasteiger partial charge in [0.15, 0.2) is 5.78 Å². The van der Waals surface area contributed by atoms with E-state index in [1.54, 1.807) is 6.92 Å². The summed E-state index contributed by atoms with van der Waals surface area (Å²) in [6.45, 7) is 6.99. The summed E-state index contributed by atoms with van der Waals surface area (Å²) < 4.78 is 0. The van der Waals surface area contributed by atoms with E-state index >= 15 is 0 Å². The standard InChI is InChI=1S/C11H21NO3S.C10H16O3S/c1-5-8(2)10(13)12-9(11(14)15)6-7-16(3)4;1-4-9(11)7-8(10(12)13)5-6-14(2)3/h8-9H,5-7H2,1-4H3,(H-,12,13,14,15);4,8H,1,5-7H2,2-3H3/t8?,9-;8-/m11/s1. The largest absolute Gasteiger partial charge is 0.550 e. The molecule has 30 heavy (non-hydrogen) atoms. The van der Waals surface area contributed by atoms with Gasteiger partial charge < -0.3 is 25.1 Å². The topological polar surface area (TPSA) is 126 Å². The molecule has 1 amide bonds. The van der Waals surface area contributed by atoms with Crippen LogP contribution in [0.25, 0.3) is 0 Å². The van der Waals surface area contributed by atoms with Gasteiger partial charge in [-0.15, -0.1) is 0 Å². The Morgan fingerprint density at radius 2 is 1.47 bits per heavy atom. The first-order chi connectivity index (χ1) is 13.8. The van der Waals surface area contributed by atoms with E-state index in [9.17, 15) is 29.4 Å². The summed E-state index contributed by atoms with van der Waals surface area (Å²) in [6.07, 6.45) is 11.0. The van der Waals surface area contributed by atoms with Crippen LogP contribution in [0.2, 0.25) is 0 Å². The number of nitrogens with one attached hydrogen (secondary N) is 1. The molecule has 0 aliphatic heterocycles. The number of carbonyl (C=O) groups excluding carboxylic acids is 4. The molecule has 7 nitrogen and oxygen atoms in total. The van der Waals surface area contributed by atoms with Crippen LogP contribution in [-0.4, -0.2) is 66.2 Å². The second-order valence-corrected chi connectivity index (χ2v) is 12.3. The molecule has 0 spiro atoms. The minimum absolute atomic E-state index is 0.0169. The summed E-state index contributed by atoms with van der Waals surface area (Å²) >= 11 is 0. The van der Waals surface area contributed by atoms with Crippen LogP contribution in [0.4, 0.5) is 0 Å². The monoisotopic (exact) mass is 463 g/mol. The van der Waals surface area contributed by atoms with Gasteiger partial charge in [-0.1, -0.05) is 20.4 Å². The fourth-order valence-electron chi connectivity index (χ4n) is 2.11. The first-order valence-corrected chi connectivity index (χ1v) is 14.2. The molecule has 1 N–H and O–H groups in total. The van der Waals surface area contributed by atoms with Gasteiger partial charge in [-0.2, -0.15) is 0 Å². The first kappa shape index (κ1) is 30.7. The molecule has 0 saturated carbocycles. The van der Waals surface area contributed by atoms with Crippen LogP contribution < -0.4 is 15.5 Å². The maximum Gasteiger partial charge on any atom is 0.223 e. The van der Waals surface area contributed by atoms with Crippen LogP contribution in [0.3, 0.4) is 0 Å². The molecule has 3 atom stereocenters. The van der Waals surface area contributed by atoms with Crippen LogP contribution in [0.15, 0.2) is 12.7 Å². The van der Waals surface area contributed by atoms with Gasteiger partial charge in [0.25, 0.3) is 0 Å². The quantitative estimate of drug-likeness (QED) is 0.268. The van der Waals surface area contributed by atoms with Crippen molar-refractivity contribution in [2.45, 2.75) is 45.6 Å². The minimum atomic E-state index is -1.19. The molecule has 1 unspecified atom stereocenters. The summed E-state index contributed by atoms with van der Waals surface area (Å²) in [5, 5.41) is 24.0. The number of ketones is 1. The normalized spacial score (nSPS) is 13.6. The van der Waals surface area contributed by atoms with E-state index in [0.29, 0.717) is 19.3 Å². The van der Waals surface area contributed by atoms with Crippen LogP contribution in [0.1, 0.15) is 39.5 Å². The Labute approximate surface area is 186 Å². The zero-order valence-corrected chi connectivity index (χ0v) is 20.7. The number of carboxylic acids is 2. The van der Waals surface area contributed by atoms with E-state index in [0.717, 1.165) is 17.6 Å². The average Bonchev–Trinajstić information content (AvgIpc) is 2.66. The molecule has 0 aromatic carbocycles. The van der Waals surface area contributed by atoms with Gasteiger partial charge in [0, 0.05) is 37.1 Å². The molecule has 0 rings (SSSR count). The lowest BCUT2D eigenvalue weighted by atomic mass is 10.00. The Morgan fingerprint density at radius 3 is 1.83 bits per heavy atom. The number of rotatable bonds is 14. The molecule has 0 fully saturated rings. The predicted molar refractivity (Wildman–Crippen MR) is 122 cm³/mol. The SMILES string of the molecule is C=CC(=O)C[C@@H](CC[S+](C)C)C(=O)[O-].CCC(C)C(=O)N[C@H](CC[S+](C)C)C(=O)[O-]. The molecule has 9 heteroatoms. The minimum Gasteiger partial charge on any atom is -0.550 e. The third-order valence-electron chi connectivity index (χ3n) is 4.36. The zero-order chi connectivity index (χ0) is 23.9. The van der Waals surface area contributed by atoms with Gasteiger partial charge in [-0.25, -0.2) is 0 Å². The Bertz CT molecular complexity index is 566. The van der Waals surface area contributed by atoms with Gasteiger partial charge >= 0.3 is 0 Å². The van der Waals surface area contributed by atoms with Gasteiger partial charge in [-0.3, -0.25) is 9.59 Å². The molecule has 0 aliphatic rings. The molecule has 0 saturated heterocycles. The second-order valence-electron chi connectivity index (χ2n) is 7.54. The third kappa shape index (κ3) is 16.3. The third-order valence-corrected chi connectivity index (χ3v) is 6.46. The van der Waals surface area contributed by atoms with Gasteiger partial charge in [-0.05, 0) is 34.3 Å². The summed E-state index contributed by atoms with van der Waals surface area (Å²) in [4.78, 5) is 44.0. The van der Waals surface area contributed by atoms with Crippen molar-refractivity contribution in [2.24, 2.45) is 11.8 Å². The zero-order valence-electron chi connectivity index (χ0n) is 19.0. The molecular weight excluding hydrogens is 426 g/mol. The predicted octanol–water partition coefficient (Wildman–Crippen LogP) is -0.699. The van der Waals surface area contributed by atoms with Crippen molar-refractivity contribution in [1.82, 2.24) is 5.32 Å². The van der Waals surface area contributed by atoms with Crippen molar-refractivity contribution in [3.05, 3.63) is 12.7 Å². The van der Waals surface area contributed by atoms with E-state index in [-0.39, 0.29) is 45.8 Å². The molecule has 0 bridgehead atoms. The number of carbonyl (C=O) groups is 4. The van der Waals surface area contributed by atoms with Crippen molar-refractivity contribution < 1.29 is 29.4 Å². The lowest BCUT2D eigenvalue weighted by molar-refractivity contribution is -0.312. The van der Waals surface area contributed by atoms with E-state index in [2.05, 4.69) is 11.9 Å². The number of aliphatic carboxylic acids is 2. The average molecular weight is 464 g/mol. The number of allylic oxidation sites excluding steroid dienone is 1. The number of hydrogen-bond acceptors (Lipinski definition) is 6. The Hall–Kier alpha value is -1.48. The van der Waals surface area contributed by atoms with E-state index in [1.165, 1.54) is 0 Å². The fraction of sp³-hybridized carbons (Fsp3) is 0.714. The van der Waals surface area contributed by atoms with Gasteiger partial charge in [0.2, 0.25) is 5.91 Å². The molecule has 0 aromatic heterocycles. The molecular formula is C21H37NO6S2. The molecule has 0 radical (unpaired) electrons. The highest BCUT2D eigenvalue weighted by molar-refractivity contribution is 7.95.